The summed E-state index contributed by atoms with van der Waals surface area (Å²) in [6.07, 6.45) is 1.02. The first kappa shape index (κ1) is 12.5. The van der Waals surface area contributed by atoms with Crippen LogP contribution < -0.4 is 0 Å². The average Bonchev–Trinajstić information content (AvgIpc) is 2.90. The summed E-state index contributed by atoms with van der Waals surface area (Å²) in [6, 6.07) is 13.0. The predicted octanol–water partition coefficient (Wildman–Crippen LogP) is 4.93. The minimum atomic E-state index is -1.39. The lowest BCUT2D eigenvalue weighted by atomic mass is 10.1. The molecule has 0 spiro atoms. The molecule has 1 aliphatic rings. The molecule has 2 aromatic rings. The van der Waals surface area contributed by atoms with Gasteiger partial charge in [0.15, 0.2) is 0 Å². The van der Waals surface area contributed by atoms with Crippen LogP contribution in [0.15, 0.2) is 40.8 Å². The predicted molar refractivity (Wildman–Crippen MR) is 83.8 cm³/mol. The van der Waals surface area contributed by atoms with E-state index >= 15 is 0 Å². The monoisotopic (exact) mass is 268 g/mol. The van der Waals surface area contributed by atoms with Gasteiger partial charge in [-0.1, -0.05) is 43.9 Å². The van der Waals surface area contributed by atoms with Crippen molar-refractivity contribution in [1.82, 2.24) is 0 Å². The van der Waals surface area contributed by atoms with E-state index in [-0.39, 0.29) is 0 Å². The van der Waals surface area contributed by atoms with Crippen molar-refractivity contribution in [3.8, 4) is 0 Å². The maximum Gasteiger partial charge on any atom is 0.130 e. The van der Waals surface area contributed by atoms with E-state index in [1.807, 2.05) is 6.92 Å². The first-order chi connectivity index (χ1) is 8.97. The van der Waals surface area contributed by atoms with Crippen molar-refractivity contribution in [2.45, 2.75) is 33.0 Å². The summed E-state index contributed by atoms with van der Waals surface area (Å²) in [5.41, 5.74) is 4.31. The van der Waals surface area contributed by atoms with Crippen LogP contribution in [0.3, 0.4) is 0 Å². The maximum atomic E-state index is 5.89. The third-order valence-corrected chi connectivity index (χ3v) is 5.81. The van der Waals surface area contributed by atoms with Crippen LogP contribution in [0.5, 0.6) is 0 Å². The number of furan rings is 1. The van der Waals surface area contributed by atoms with E-state index < -0.39 is 8.07 Å². The second-order valence-corrected chi connectivity index (χ2v) is 11.3. The summed E-state index contributed by atoms with van der Waals surface area (Å²) in [5.74, 6) is 2.06. The lowest BCUT2D eigenvalue weighted by molar-refractivity contribution is 0.520. The Bertz CT molecular complexity index is 656. The number of allylic oxidation sites excluding steroid dienone is 1. The molecular formula is C17H20OSi. The van der Waals surface area contributed by atoms with Crippen molar-refractivity contribution in [3.05, 3.63) is 59.0 Å². The van der Waals surface area contributed by atoms with Gasteiger partial charge in [-0.25, -0.2) is 0 Å². The van der Waals surface area contributed by atoms with Crippen molar-refractivity contribution < 1.29 is 4.42 Å². The molecule has 0 N–H and O–H groups in total. The van der Waals surface area contributed by atoms with Gasteiger partial charge in [0.2, 0.25) is 0 Å². The molecule has 0 saturated heterocycles. The van der Waals surface area contributed by atoms with E-state index in [9.17, 15) is 0 Å². The molecule has 0 saturated carbocycles. The van der Waals surface area contributed by atoms with Crippen LogP contribution in [-0.2, 0) is 6.42 Å². The average molecular weight is 268 g/mol. The van der Waals surface area contributed by atoms with Gasteiger partial charge < -0.3 is 4.42 Å². The molecule has 0 atom stereocenters. The molecule has 1 aromatic heterocycles. The van der Waals surface area contributed by atoms with Crippen LogP contribution >= 0.6 is 0 Å². The summed E-state index contributed by atoms with van der Waals surface area (Å²) < 4.78 is 5.89. The molecule has 1 aromatic carbocycles. The number of hydrogen-bond acceptors (Lipinski definition) is 1. The third-order valence-electron chi connectivity index (χ3n) is 3.74. The topological polar surface area (TPSA) is 13.1 Å². The minimum Gasteiger partial charge on any atom is -0.462 e. The normalized spacial score (nSPS) is 14.9. The van der Waals surface area contributed by atoms with E-state index in [2.05, 4.69) is 56.0 Å². The van der Waals surface area contributed by atoms with Gasteiger partial charge in [-0.05, 0) is 41.0 Å². The molecular weight excluding hydrogens is 248 g/mol. The highest BCUT2D eigenvalue weighted by Gasteiger charge is 2.32. The Kier molecular flexibility index (Phi) is 2.79. The van der Waals surface area contributed by atoms with E-state index in [4.69, 9.17) is 4.42 Å². The fraction of sp³-hybridized carbons (Fsp3) is 0.294. The van der Waals surface area contributed by atoms with Crippen molar-refractivity contribution in [2.24, 2.45) is 0 Å². The molecule has 98 valence electrons. The zero-order chi connectivity index (χ0) is 13.6. The third kappa shape index (κ3) is 2.10. The molecule has 0 aliphatic heterocycles. The summed E-state index contributed by atoms with van der Waals surface area (Å²) in [4.78, 5) is 0. The first-order valence-electron chi connectivity index (χ1n) is 6.85. The zero-order valence-electron chi connectivity index (χ0n) is 12.1. The molecule has 0 radical (unpaired) electrons. The number of fused-ring (bicyclic) bond motifs is 1. The lowest BCUT2D eigenvalue weighted by Crippen LogP contribution is -2.22. The Hall–Kier alpha value is -1.54. The van der Waals surface area contributed by atoms with Gasteiger partial charge in [0.25, 0.3) is 0 Å². The van der Waals surface area contributed by atoms with Crippen LogP contribution in [0.4, 0.5) is 0 Å². The second kappa shape index (κ2) is 4.24. The smallest absolute Gasteiger partial charge is 0.130 e. The standard InChI is InChI=1S/C17H20OSi/c1-12-9-10-16(18-12)15-11-13-7-5-6-8-14(13)17(15)19(2,3)4/h5-10H,11H2,1-4H3. The molecule has 0 bridgehead atoms. The van der Waals surface area contributed by atoms with Gasteiger partial charge >= 0.3 is 0 Å². The Morgan fingerprint density at radius 2 is 1.74 bits per heavy atom. The van der Waals surface area contributed by atoms with Gasteiger partial charge in [-0.15, -0.1) is 0 Å². The van der Waals surface area contributed by atoms with Crippen LogP contribution in [-0.4, -0.2) is 8.07 Å². The molecule has 19 heavy (non-hydrogen) atoms. The summed E-state index contributed by atoms with van der Waals surface area (Å²) in [6.45, 7) is 9.26. The molecule has 1 nitrogen and oxygen atoms in total. The summed E-state index contributed by atoms with van der Waals surface area (Å²) in [5, 5.41) is 1.57. The van der Waals surface area contributed by atoms with Crippen molar-refractivity contribution in [1.29, 1.82) is 0 Å². The van der Waals surface area contributed by atoms with E-state index in [0.29, 0.717) is 0 Å². The summed E-state index contributed by atoms with van der Waals surface area (Å²) >= 11 is 0. The quantitative estimate of drug-likeness (QED) is 0.704. The van der Waals surface area contributed by atoms with Gasteiger partial charge in [-0.3, -0.25) is 0 Å². The Morgan fingerprint density at radius 1 is 1.00 bits per heavy atom. The SMILES string of the molecule is Cc1ccc(C2=C([Si](C)(C)C)c3ccccc3C2)o1. The van der Waals surface area contributed by atoms with Crippen molar-refractivity contribution >= 4 is 18.8 Å². The van der Waals surface area contributed by atoms with Crippen LogP contribution in [0, 0.1) is 6.92 Å². The highest BCUT2D eigenvalue weighted by Crippen LogP contribution is 2.43. The van der Waals surface area contributed by atoms with Crippen LogP contribution in [0.1, 0.15) is 22.6 Å². The number of aryl methyl sites for hydroxylation is 1. The highest BCUT2D eigenvalue weighted by molar-refractivity contribution is 6.95. The van der Waals surface area contributed by atoms with Gasteiger partial charge in [0, 0.05) is 6.42 Å². The second-order valence-electron chi connectivity index (χ2n) is 6.35. The molecule has 2 heteroatoms. The fourth-order valence-corrected chi connectivity index (χ4v) is 5.19. The molecule has 0 fully saturated rings. The summed E-state index contributed by atoms with van der Waals surface area (Å²) in [7, 11) is -1.39. The zero-order valence-corrected chi connectivity index (χ0v) is 13.1. The van der Waals surface area contributed by atoms with E-state index in [1.165, 1.54) is 16.7 Å². The Labute approximate surface area is 116 Å². The van der Waals surface area contributed by atoms with Crippen LogP contribution in [0.25, 0.3) is 10.8 Å². The van der Waals surface area contributed by atoms with Gasteiger partial charge in [0.1, 0.15) is 11.5 Å². The van der Waals surface area contributed by atoms with Crippen molar-refractivity contribution in [2.75, 3.05) is 0 Å². The number of benzene rings is 1. The van der Waals surface area contributed by atoms with E-state index in [0.717, 1.165) is 17.9 Å². The van der Waals surface area contributed by atoms with Gasteiger partial charge in [0.05, 0.1) is 8.07 Å². The van der Waals surface area contributed by atoms with E-state index in [1.54, 1.807) is 5.20 Å². The Balaban J connectivity index is 2.21. The largest absolute Gasteiger partial charge is 0.462 e. The lowest BCUT2D eigenvalue weighted by Gasteiger charge is -2.21. The molecule has 1 heterocycles. The van der Waals surface area contributed by atoms with Crippen LogP contribution in [0.2, 0.25) is 19.6 Å². The maximum absolute atomic E-state index is 5.89. The van der Waals surface area contributed by atoms with Crippen molar-refractivity contribution in [3.63, 3.8) is 0 Å². The number of hydrogen-bond donors (Lipinski definition) is 0. The fourth-order valence-electron chi connectivity index (χ4n) is 3.02. The molecule has 0 amide bonds. The molecule has 0 unspecified atom stereocenters. The first-order valence-corrected chi connectivity index (χ1v) is 10.4. The molecule has 3 rings (SSSR count). The van der Waals surface area contributed by atoms with Gasteiger partial charge in [-0.2, -0.15) is 0 Å². The number of rotatable bonds is 2. The highest BCUT2D eigenvalue weighted by atomic mass is 28.3. The minimum absolute atomic E-state index is 0.994. The molecule has 1 aliphatic carbocycles. The Morgan fingerprint density at radius 3 is 2.37 bits per heavy atom.